The van der Waals surface area contributed by atoms with Crippen LogP contribution in [-0.4, -0.2) is 25.4 Å². The molecular weight excluding hydrogens is 211 g/mol. The molecule has 0 aromatic heterocycles. The van der Waals surface area contributed by atoms with Crippen LogP contribution in [0.5, 0.6) is 0 Å². The van der Waals surface area contributed by atoms with Crippen molar-refractivity contribution in [1.82, 2.24) is 0 Å². The van der Waals surface area contributed by atoms with Crippen LogP contribution < -0.4 is 0 Å². The van der Waals surface area contributed by atoms with Crippen molar-refractivity contribution in [2.45, 2.75) is 10.0 Å². The van der Waals surface area contributed by atoms with E-state index in [9.17, 15) is 26.3 Å². The van der Waals surface area contributed by atoms with Gasteiger partial charge in [-0.15, -0.1) is 0 Å². The molecule has 55 valence electrons. The Morgan fingerprint density at radius 2 is 0.889 bits per heavy atom. The van der Waals surface area contributed by atoms with Crippen molar-refractivity contribution >= 4 is 15.4 Å². The minimum absolute atomic E-state index is 4.06. The molecule has 0 atom stereocenters. The van der Waals surface area contributed by atoms with Gasteiger partial charge in [0.1, 0.15) is 0 Å². The Balaban J connectivity index is 3.75. The summed E-state index contributed by atoms with van der Waals surface area (Å²) in [5, 5.41) is -9.97. The van der Waals surface area contributed by atoms with Crippen LogP contribution in [0.15, 0.2) is 0 Å². The maximum absolute atomic E-state index is 10.9. The van der Waals surface area contributed by atoms with Crippen molar-refractivity contribution < 1.29 is 26.3 Å². The molecule has 9 heavy (non-hydrogen) atoms. The summed E-state index contributed by atoms with van der Waals surface area (Å²) in [4.78, 5) is 0. The Morgan fingerprint density at radius 3 is 0.889 bits per heavy atom. The van der Waals surface area contributed by atoms with Crippen LogP contribution in [-0.2, 0) is 0 Å². The molecule has 0 bridgehead atoms. The second-order valence-electron chi connectivity index (χ2n) is 1.23. The number of hydrogen-bond acceptors (Lipinski definition) is 0. The number of alkyl halides is 6. The van der Waals surface area contributed by atoms with Crippen LogP contribution in [0.2, 0.25) is 0 Å². The average Bonchev–Trinajstić information content (AvgIpc) is 1.14. The van der Waals surface area contributed by atoms with Crippen molar-refractivity contribution in [3.8, 4) is 0 Å². The van der Waals surface area contributed by atoms with E-state index in [0.29, 0.717) is 0 Å². The van der Waals surface area contributed by atoms with Gasteiger partial charge in [-0.05, 0) is 0 Å². The molecule has 0 unspecified atom stereocenters. The maximum atomic E-state index is 10.9. The zero-order valence-corrected chi connectivity index (χ0v) is 6.27. The third-order valence-corrected chi connectivity index (χ3v) is 1.70. The van der Waals surface area contributed by atoms with E-state index in [0.717, 1.165) is 0 Å². The molecule has 0 saturated carbocycles. The van der Waals surface area contributed by atoms with Crippen LogP contribution in [0.25, 0.3) is 0 Å². The molecule has 0 aliphatic rings. The fourth-order valence-electron chi connectivity index (χ4n) is 0.186. The van der Waals surface area contributed by atoms with E-state index in [1.165, 1.54) is 0 Å². The summed E-state index contributed by atoms with van der Waals surface area (Å²) in [5.74, 6) is 0. The van der Waals surface area contributed by atoms with E-state index < -0.39 is 25.4 Å². The Kier molecular flexibility index (Phi) is 2.43. The third kappa shape index (κ3) is 8.12. The Morgan fingerprint density at radius 1 is 0.667 bits per heavy atom. The number of halogens is 6. The molecule has 0 spiro atoms. The predicted octanol–water partition coefficient (Wildman–Crippen LogP) is 1.46. The molecule has 0 aromatic rings. The summed E-state index contributed by atoms with van der Waals surface area (Å²) in [6.07, 6.45) is 0. The van der Waals surface area contributed by atoms with Crippen LogP contribution in [0.1, 0.15) is 0 Å². The molecule has 7 heteroatoms. The van der Waals surface area contributed by atoms with Crippen molar-refractivity contribution in [1.29, 1.82) is 0 Å². The van der Waals surface area contributed by atoms with Gasteiger partial charge in [0, 0.05) is 0 Å². The van der Waals surface area contributed by atoms with Gasteiger partial charge >= 0.3 is 51.8 Å². The zero-order chi connectivity index (χ0) is 7.71. The van der Waals surface area contributed by atoms with Gasteiger partial charge in [0.15, 0.2) is 0 Å². The summed E-state index contributed by atoms with van der Waals surface area (Å²) in [5.41, 5.74) is 0. The topological polar surface area (TPSA) is 0 Å². The van der Waals surface area contributed by atoms with Gasteiger partial charge in [-0.2, -0.15) is 0 Å². The van der Waals surface area contributed by atoms with Gasteiger partial charge in [-0.3, -0.25) is 0 Å². The second kappa shape index (κ2) is 2.39. The fourth-order valence-corrected chi connectivity index (χ4v) is 0.964. The molecule has 0 nitrogen and oxygen atoms in total. The summed E-state index contributed by atoms with van der Waals surface area (Å²) in [6.45, 7) is 0. The fraction of sp³-hybridized carbons (Fsp3) is 1.00. The average molecular weight is 212 g/mol. The molecule has 0 aromatic carbocycles. The molecule has 0 heterocycles. The molecule has 0 aliphatic heterocycles. The first-order valence-corrected chi connectivity index (χ1v) is 4.13. The molecule has 0 saturated heterocycles. The molecule has 0 N–H and O–H groups in total. The van der Waals surface area contributed by atoms with E-state index in [-0.39, 0.29) is 0 Å². The molecule has 0 aliphatic carbocycles. The van der Waals surface area contributed by atoms with Gasteiger partial charge in [0.2, 0.25) is 0 Å². The first-order chi connectivity index (χ1) is 3.71. The van der Waals surface area contributed by atoms with E-state index >= 15 is 0 Å². The summed E-state index contributed by atoms with van der Waals surface area (Å²) < 4.78 is 65.4. The van der Waals surface area contributed by atoms with E-state index in [2.05, 4.69) is 0 Å². The summed E-state index contributed by atoms with van der Waals surface area (Å²) >= 11 is -4.06. The van der Waals surface area contributed by atoms with Crippen LogP contribution in [0.3, 0.4) is 0 Å². The van der Waals surface area contributed by atoms with Gasteiger partial charge in [0.25, 0.3) is 0 Å². The van der Waals surface area contributed by atoms with Crippen LogP contribution in [0, 0.1) is 0 Å². The summed E-state index contributed by atoms with van der Waals surface area (Å²) in [7, 11) is 0. The quantitative estimate of drug-likeness (QED) is 0.421. The van der Waals surface area contributed by atoms with Crippen LogP contribution in [0.4, 0.5) is 26.3 Å². The molecule has 0 amide bonds. The second-order valence-corrected chi connectivity index (χ2v) is 4.58. The summed E-state index contributed by atoms with van der Waals surface area (Å²) in [6, 6.07) is 0. The Labute approximate surface area is 52.7 Å². The van der Waals surface area contributed by atoms with Crippen molar-refractivity contribution in [2.75, 3.05) is 0 Å². The molecule has 0 fully saturated rings. The van der Waals surface area contributed by atoms with E-state index in [1.54, 1.807) is 0 Å². The standard InChI is InChI=1S/C2HF6Ge/c3-1(4,5)9-2(6,7)8/h9H. The third-order valence-electron chi connectivity index (χ3n) is 0.327. The molecule has 0 rings (SSSR count). The van der Waals surface area contributed by atoms with Gasteiger partial charge in [0.05, 0.1) is 0 Å². The predicted molar refractivity (Wildman–Crippen MR) is 19.3 cm³/mol. The molecular formula is C2HF6Ge. The van der Waals surface area contributed by atoms with E-state index in [4.69, 9.17) is 0 Å². The molecule has 1 radical (unpaired) electrons. The van der Waals surface area contributed by atoms with Crippen molar-refractivity contribution in [3.05, 3.63) is 0 Å². The Bertz CT molecular complexity index is 76.2. The van der Waals surface area contributed by atoms with Crippen molar-refractivity contribution in [2.24, 2.45) is 0 Å². The van der Waals surface area contributed by atoms with Crippen LogP contribution >= 0.6 is 0 Å². The van der Waals surface area contributed by atoms with Gasteiger partial charge in [-0.25, -0.2) is 0 Å². The van der Waals surface area contributed by atoms with Gasteiger partial charge < -0.3 is 0 Å². The normalized spacial score (nSPS) is 14.0. The number of rotatable bonds is 0. The first kappa shape index (κ1) is 9.12. The zero-order valence-electron chi connectivity index (χ0n) is 3.85. The SMILES string of the molecule is F[C](F)(F)[GeH][C](F)(F)F. The van der Waals surface area contributed by atoms with Crippen molar-refractivity contribution in [3.63, 3.8) is 0 Å². The monoisotopic (exact) mass is 213 g/mol. The van der Waals surface area contributed by atoms with E-state index in [1.807, 2.05) is 0 Å². The van der Waals surface area contributed by atoms with Gasteiger partial charge in [-0.1, -0.05) is 0 Å². The Hall–Kier alpha value is 0.123. The number of hydrogen-bond donors (Lipinski definition) is 0. The minimum atomic E-state index is -4.98. The first-order valence-electron chi connectivity index (χ1n) is 1.71.